The third kappa shape index (κ3) is 3.95. The van der Waals surface area contributed by atoms with Crippen molar-refractivity contribution in [2.24, 2.45) is 0 Å². The van der Waals surface area contributed by atoms with Crippen molar-refractivity contribution in [1.29, 1.82) is 0 Å². The van der Waals surface area contributed by atoms with Gasteiger partial charge in [0.15, 0.2) is 0 Å². The average Bonchev–Trinajstić information content (AvgIpc) is 2.69. The Hall–Kier alpha value is -2.86. The average molecular weight is 385 g/mol. The van der Waals surface area contributed by atoms with E-state index in [2.05, 4.69) is 0 Å². The highest BCUT2D eigenvalue weighted by Crippen LogP contribution is 2.34. The molecule has 0 fully saturated rings. The summed E-state index contributed by atoms with van der Waals surface area (Å²) in [5, 5.41) is 0. The highest BCUT2D eigenvalue weighted by atomic mass is 32.2. The van der Waals surface area contributed by atoms with Crippen LogP contribution in [0.4, 0.5) is 10.1 Å². The summed E-state index contributed by atoms with van der Waals surface area (Å²) in [4.78, 5) is -0.104. The van der Waals surface area contributed by atoms with E-state index in [9.17, 15) is 12.8 Å². The normalized spacial score (nSPS) is 12.4. The Morgan fingerprint density at radius 3 is 2.30 bits per heavy atom. The number of anilines is 1. The van der Waals surface area contributed by atoms with Gasteiger partial charge in [0.1, 0.15) is 11.6 Å². The molecule has 0 amide bonds. The lowest BCUT2D eigenvalue weighted by Crippen LogP contribution is -2.33. The van der Waals surface area contributed by atoms with Crippen molar-refractivity contribution in [3.8, 4) is 5.75 Å². The minimum Gasteiger partial charge on any atom is -0.497 e. The van der Waals surface area contributed by atoms with Crippen LogP contribution < -0.4 is 9.04 Å². The molecule has 0 N–H and O–H groups in total. The van der Waals surface area contributed by atoms with Crippen molar-refractivity contribution >= 4 is 15.7 Å². The van der Waals surface area contributed by atoms with Crippen molar-refractivity contribution in [2.75, 3.05) is 11.4 Å². The highest BCUT2D eigenvalue weighted by molar-refractivity contribution is 7.92. The van der Waals surface area contributed by atoms with E-state index in [1.807, 2.05) is 30.3 Å². The van der Waals surface area contributed by atoms with Crippen molar-refractivity contribution in [3.05, 3.63) is 90.2 Å². The molecule has 0 aliphatic rings. The first-order valence-electron chi connectivity index (χ1n) is 8.42. The van der Waals surface area contributed by atoms with Gasteiger partial charge in [-0.15, -0.1) is 0 Å². The second-order valence-corrected chi connectivity index (χ2v) is 7.86. The maximum absolute atomic E-state index is 13.7. The van der Waals surface area contributed by atoms with Gasteiger partial charge in [-0.3, -0.25) is 4.31 Å². The maximum Gasteiger partial charge on any atom is 0.264 e. The van der Waals surface area contributed by atoms with Gasteiger partial charge in [-0.1, -0.05) is 42.5 Å². The molecule has 3 aromatic rings. The van der Waals surface area contributed by atoms with E-state index in [1.54, 1.807) is 31.2 Å². The van der Waals surface area contributed by atoms with Crippen LogP contribution in [0.25, 0.3) is 0 Å². The van der Waals surface area contributed by atoms with Gasteiger partial charge in [-0.25, -0.2) is 12.8 Å². The van der Waals surface area contributed by atoms with Crippen LogP contribution in [0, 0.1) is 5.82 Å². The summed E-state index contributed by atoms with van der Waals surface area (Å²) in [7, 11) is -2.49. The molecule has 0 unspecified atom stereocenters. The number of halogens is 1. The number of nitrogens with zero attached hydrogens (tertiary/aromatic N) is 1. The predicted octanol–water partition coefficient (Wildman–Crippen LogP) is 4.79. The Labute approximate surface area is 158 Å². The van der Waals surface area contributed by atoms with Gasteiger partial charge in [-0.05, 0) is 42.8 Å². The Morgan fingerprint density at radius 1 is 0.926 bits per heavy atom. The number of rotatable bonds is 6. The molecule has 3 aromatic carbocycles. The van der Waals surface area contributed by atoms with Gasteiger partial charge in [-0.2, -0.15) is 0 Å². The molecule has 140 valence electrons. The van der Waals surface area contributed by atoms with Crippen LogP contribution in [0.15, 0.2) is 83.8 Å². The van der Waals surface area contributed by atoms with Crippen molar-refractivity contribution < 1.29 is 17.5 Å². The number of benzene rings is 3. The van der Waals surface area contributed by atoms with E-state index in [0.29, 0.717) is 11.4 Å². The van der Waals surface area contributed by atoms with Crippen LogP contribution in [0.1, 0.15) is 18.5 Å². The predicted molar refractivity (Wildman–Crippen MR) is 104 cm³/mol. The summed E-state index contributed by atoms with van der Waals surface area (Å²) in [6.07, 6.45) is 0. The molecule has 6 heteroatoms. The number of ether oxygens (including phenoxy) is 1. The van der Waals surface area contributed by atoms with Crippen LogP contribution in [-0.4, -0.2) is 15.5 Å². The Balaban J connectivity index is 2.17. The first kappa shape index (κ1) is 18.9. The standard InChI is InChI=1S/C21H20FNO3S/c1-16(17-8-4-3-5-9-17)23(19-11-7-12-20(15-19)26-2)27(24,25)21-13-6-10-18(22)14-21/h3-16H,1-2H3/t16-/m1/s1. The van der Waals surface area contributed by atoms with E-state index >= 15 is 0 Å². The lowest BCUT2D eigenvalue weighted by atomic mass is 10.1. The third-order valence-electron chi connectivity index (χ3n) is 4.29. The van der Waals surface area contributed by atoms with E-state index < -0.39 is 21.9 Å². The fourth-order valence-electron chi connectivity index (χ4n) is 2.93. The number of hydrogen-bond donors (Lipinski definition) is 0. The summed E-state index contributed by atoms with van der Waals surface area (Å²) < 4.78 is 47.1. The second-order valence-electron chi connectivity index (χ2n) is 6.05. The van der Waals surface area contributed by atoms with Crippen LogP contribution >= 0.6 is 0 Å². The molecule has 27 heavy (non-hydrogen) atoms. The van der Waals surface area contributed by atoms with E-state index in [0.717, 1.165) is 11.6 Å². The van der Waals surface area contributed by atoms with Crippen molar-refractivity contribution in [3.63, 3.8) is 0 Å². The van der Waals surface area contributed by atoms with Crippen LogP contribution in [0.2, 0.25) is 0 Å². The molecule has 0 heterocycles. The zero-order valence-corrected chi connectivity index (χ0v) is 15.9. The zero-order valence-electron chi connectivity index (χ0n) is 15.0. The minimum absolute atomic E-state index is 0.104. The Morgan fingerprint density at radius 2 is 1.63 bits per heavy atom. The monoisotopic (exact) mass is 385 g/mol. The number of hydrogen-bond acceptors (Lipinski definition) is 3. The fourth-order valence-corrected chi connectivity index (χ4v) is 4.59. The summed E-state index contributed by atoms with van der Waals surface area (Å²) >= 11 is 0. The second kappa shape index (κ2) is 7.80. The highest BCUT2D eigenvalue weighted by Gasteiger charge is 2.31. The SMILES string of the molecule is COc1cccc(N([C@H](C)c2ccccc2)S(=O)(=O)c2cccc(F)c2)c1. The number of sulfonamides is 1. The summed E-state index contributed by atoms with van der Waals surface area (Å²) in [5.74, 6) is -0.0683. The van der Waals surface area contributed by atoms with Crippen LogP contribution in [-0.2, 0) is 10.0 Å². The molecule has 0 saturated carbocycles. The third-order valence-corrected chi connectivity index (χ3v) is 6.19. The van der Waals surface area contributed by atoms with Gasteiger partial charge in [0.2, 0.25) is 0 Å². The lowest BCUT2D eigenvalue weighted by molar-refractivity contribution is 0.415. The lowest BCUT2D eigenvalue weighted by Gasteiger charge is -2.31. The topological polar surface area (TPSA) is 46.6 Å². The molecule has 0 bridgehead atoms. The molecular formula is C21H20FNO3S. The molecule has 0 radical (unpaired) electrons. The molecule has 3 rings (SSSR count). The van der Waals surface area contributed by atoms with Gasteiger partial charge >= 0.3 is 0 Å². The largest absolute Gasteiger partial charge is 0.497 e. The smallest absolute Gasteiger partial charge is 0.264 e. The molecule has 4 nitrogen and oxygen atoms in total. The molecule has 0 aliphatic heterocycles. The van der Waals surface area contributed by atoms with Crippen LogP contribution in [0.3, 0.4) is 0 Å². The Bertz CT molecular complexity index is 1020. The summed E-state index contributed by atoms with van der Waals surface area (Å²) in [6.45, 7) is 1.80. The first-order valence-corrected chi connectivity index (χ1v) is 9.86. The first-order chi connectivity index (χ1) is 12.9. The zero-order chi connectivity index (χ0) is 19.4. The Kier molecular flexibility index (Phi) is 5.46. The van der Waals surface area contributed by atoms with Crippen LogP contribution in [0.5, 0.6) is 5.75 Å². The quantitative estimate of drug-likeness (QED) is 0.613. The molecule has 0 aliphatic carbocycles. The van der Waals surface area contributed by atoms with E-state index in [1.165, 1.54) is 29.6 Å². The van der Waals surface area contributed by atoms with Gasteiger partial charge in [0, 0.05) is 6.07 Å². The van der Waals surface area contributed by atoms with Gasteiger partial charge < -0.3 is 4.74 Å². The molecule has 1 atom stereocenters. The summed E-state index contributed by atoms with van der Waals surface area (Å²) in [6, 6.07) is 20.6. The molecule has 0 saturated heterocycles. The summed E-state index contributed by atoms with van der Waals surface area (Å²) in [5.41, 5.74) is 1.26. The minimum atomic E-state index is -4.01. The molecular weight excluding hydrogens is 365 g/mol. The van der Waals surface area contributed by atoms with Gasteiger partial charge in [0.05, 0.1) is 23.7 Å². The van der Waals surface area contributed by atoms with Gasteiger partial charge in [0.25, 0.3) is 10.0 Å². The van der Waals surface area contributed by atoms with E-state index in [-0.39, 0.29) is 4.90 Å². The fraction of sp³-hybridized carbons (Fsp3) is 0.143. The number of methoxy groups -OCH3 is 1. The van der Waals surface area contributed by atoms with Crippen molar-refractivity contribution in [2.45, 2.75) is 17.9 Å². The van der Waals surface area contributed by atoms with E-state index in [4.69, 9.17) is 4.74 Å². The molecule has 0 spiro atoms. The molecule has 0 aromatic heterocycles. The van der Waals surface area contributed by atoms with Crippen molar-refractivity contribution in [1.82, 2.24) is 0 Å². The maximum atomic E-state index is 13.7.